The zero-order valence-electron chi connectivity index (χ0n) is 71.1. The number of hydrogen-bond acceptors (Lipinski definition) is 27. The first kappa shape index (κ1) is 89.5. The molecule has 4 aromatic rings. The van der Waals surface area contributed by atoms with Gasteiger partial charge < -0.3 is 87.9 Å². The maximum atomic E-state index is 15.6. The number of hydrogen-bond donors (Lipinski definition) is 6. The van der Waals surface area contributed by atoms with Crippen molar-refractivity contribution < 1.29 is 130 Å². The molecule has 6 N–H and O–H groups in total. The van der Waals surface area contributed by atoms with Gasteiger partial charge in [-0.3, -0.25) is 24.0 Å². The molecule has 0 unspecified atom stereocenters. The fourth-order valence-corrected chi connectivity index (χ4v) is 21.0. The van der Waals surface area contributed by atoms with Crippen LogP contribution in [0.15, 0.2) is 144 Å². The molecule has 7 fully saturated rings. The third-order valence-corrected chi connectivity index (χ3v) is 26.8. The SMILES string of the molecule is CC(=O)O[C@H]1C(=O)[C@]23C[C@H]2C[C@H]2OC[C@@]2(OC(C)=O)[C@H]3[C@H](OC(=O)c2ccccc2)[C@]2(O)C[C@H](OC(=O)[C@H](O)[C@@H](NC(=O)OC(C)(C)C)c3ccccc3)C(C)=C1C2(C)C.CO[C@H]1C(=O)[C@]2(C)[C@@H](OC)C[C@H]3CC[C@@]3(OC(C)=O)[C@H]2[C@H](OC(=O)c2ccccc2)[C@]2(O)C[C@H](OC(=O)[C@H](O)[C@@H](NC(=O)OC(C)(C)C)c3ccccc3)C(C)=C1C2(C)C. The Morgan fingerprint density at radius 1 is 0.500 bits per heavy atom. The van der Waals surface area contributed by atoms with Gasteiger partial charge in [0.05, 0.1) is 53.2 Å². The number of nitrogens with one attached hydrogen (secondary N) is 2. The van der Waals surface area contributed by atoms with Gasteiger partial charge in [-0.15, -0.1) is 0 Å². The summed E-state index contributed by atoms with van der Waals surface area (Å²) in [6, 6.07) is 30.1. The van der Waals surface area contributed by atoms with Crippen molar-refractivity contribution in [3.63, 3.8) is 0 Å². The molecule has 29 nitrogen and oxygen atoms in total. The summed E-state index contributed by atoms with van der Waals surface area (Å²) in [5, 5.41) is 55.9. The summed E-state index contributed by atoms with van der Waals surface area (Å²) in [7, 11) is 2.87. The molecule has 120 heavy (non-hydrogen) atoms. The van der Waals surface area contributed by atoms with E-state index in [1.54, 1.807) is 199 Å². The van der Waals surface area contributed by atoms with Crippen molar-refractivity contribution in [2.24, 2.45) is 45.3 Å². The van der Waals surface area contributed by atoms with Gasteiger partial charge in [-0.1, -0.05) is 125 Å². The Morgan fingerprint density at radius 3 is 1.29 bits per heavy atom. The normalized spacial score (nSPS) is 33.1. The Balaban J connectivity index is 0.000000220. The molecule has 9 aliphatic rings. The molecular weight excluding hydrogens is 1550 g/mol. The predicted molar refractivity (Wildman–Crippen MR) is 426 cm³/mol. The van der Waals surface area contributed by atoms with Crippen LogP contribution in [0.5, 0.6) is 0 Å². The van der Waals surface area contributed by atoms with E-state index in [-0.39, 0.29) is 59.1 Å². The first-order valence-electron chi connectivity index (χ1n) is 40.7. The first-order chi connectivity index (χ1) is 56.1. The Morgan fingerprint density at radius 2 is 0.917 bits per heavy atom. The standard InChI is InChI=1S/C46H59NO13.C45H53NO14/c1-25-30(57-40(52)34(49)33(27-17-13-11-14-18-27)47-41(53)60-42(3,4)5)24-46(54)38(58-39(51)28-19-15-12-16-20-28)36-44(8,37(50)35(56-10)32(25)43(46,6)7)31(55-9)23-29-21-22-45(29,36)59-26(2)48;1-23-29(57-39(52)33(49)32(26-15-11-9-12-16-26)46-40(53)60-41(4,5)6)21-45(54)37(58-38(51)27-17-13-10-14-18-27)35-43(36(50)34(56-24(2)47)31(23)42(45,7)8)20-28(43)19-30-44(35,22-55-30)59-25(3)48/h11-20,29-31,33-36,38,49,54H,21-24H2,1-10H3,(H,47,53);9-18,28-30,32-35,37,49,54H,19-22H2,1-8H3,(H,46,53)/t29-,30+,31+,33+,34-,35-,36+,38+,44-,45+,46-;28-,29+,30-,32+,33-,34-,35+,37+,43-,44+,45-/m11/s1. The minimum atomic E-state index is -2.25. The largest absolute Gasteiger partial charge is 0.458 e. The minimum absolute atomic E-state index is 0.128. The predicted octanol–water partition coefficient (Wildman–Crippen LogP) is 10.0. The molecule has 2 amide bonds. The number of Topliss-reactive ketones (excluding diaryl/α,β-unsaturated/α-hetero) is 2. The highest BCUT2D eigenvalue weighted by Gasteiger charge is 2.85. The highest BCUT2D eigenvalue weighted by Crippen LogP contribution is 2.75. The fraction of sp³-hybridized carbons (Fsp3) is 0.571. The summed E-state index contributed by atoms with van der Waals surface area (Å²) < 4.78 is 72.7. The first-order valence-corrected chi connectivity index (χ1v) is 40.7. The van der Waals surface area contributed by atoms with Crippen molar-refractivity contribution in [1.82, 2.24) is 10.6 Å². The molecule has 1 heterocycles. The number of ketones is 2. The van der Waals surface area contributed by atoms with Crippen LogP contribution in [-0.4, -0.2) is 201 Å². The molecule has 4 bridgehead atoms. The van der Waals surface area contributed by atoms with E-state index in [2.05, 4.69) is 10.6 Å². The van der Waals surface area contributed by atoms with Gasteiger partial charge in [-0.25, -0.2) is 28.8 Å². The van der Waals surface area contributed by atoms with Gasteiger partial charge in [-0.05, 0) is 158 Å². The molecule has 1 saturated heterocycles. The number of aliphatic hydroxyl groups excluding tert-OH is 2. The van der Waals surface area contributed by atoms with Crippen LogP contribution in [0.2, 0.25) is 0 Å². The van der Waals surface area contributed by atoms with Crippen LogP contribution in [0.3, 0.4) is 0 Å². The number of carbonyl (C=O) groups excluding carboxylic acids is 11. The third kappa shape index (κ3) is 15.7. The lowest BCUT2D eigenvalue weighted by molar-refractivity contribution is -0.323. The van der Waals surface area contributed by atoms with E-state index < -0.39 is 212 Å². The second-order valence-electron chi connectivity index (χ2n) is 36.7. The number of amides is 2. The fourth-order valence-electron chi connectivity index (χ4n) is 21.0. The number of ether oxygens (including phenoxy) is 12. The molecule has 648 valence electrons. The van der Waals surface area contributed by atoms with Crippen LogP contribution in [0.4, 0.5) is 9.59 Å². The van der Waals surface area contributed by atoms with Gasteiger partial charge in [0.25, 0.3) is 0 Å². The van der Waals surface area contributed by atoms with Crippen LogP contribution in [-0.2, 0) is 90.4 Å². The summed E-state index contributed by atoms with van der Waals surface area (Å²) in [4.78, 5) is 153. The Labute approximate surface area is 697 Å². The molecule has 1 aliphatic heterocycles. The zero-order valence-corrected chi connectivity index (χ0v) is 71.1. The molecule has 0 aromatic heterocycles. The number of carbonyl (C=O) groups is 11. The van der Waals surface area contributed by atoms with E-state index in [0.717, 1.165) is 6.92 Å². The smallest absolute Gasteiger partial charge is 0.408 e. The number of alkyl carbamates (subject to hydrolysis) is 2. The molecule has 13 rings (SSSR count). The van der Waals surface area contributed by atoms with Crippen molar-refractivity contribution in [3.8, 4) is 0 Å². The Hall–Kier alpha value is -9.75. The monoisotopic (exact) mass is 1660 g/mol. The molecular formula is C91H112N2O27. The Bertz CT molecular complexity index is 4710. The van der Waals surface area contributed by atoms with E-state index >= 15 is 9.59 Å². The van der Waals surface area contributed by atoms with Gasteiger partial charge in [0, 0.05) is 70.0 Å². The average Bonchev–Trinajstić information content (AvgIpc) is 1.48. The number of benzene rings is 4. The van der Waals surface area contributed by atoms with E-state index in [9.17, 15) is 63.6 Å². The van der Waals surface area contributed by atoms with Gasteiger partial charge >= 0.3 is 54.0 Å². The van der Waals surface area contributed by atoms with Crippen molar-refractivity contribution in [2.45, 2.75) is 262 Å². The summed E-state index contributed by atoms with van der Waals surface area (Å²) in [5.41, 5.74) is -13.0. The second-order valence-corrected chi connectivity index (χ2v) is 36.7. The summed E-state index contributed by atoms with van der Waals surface area (Å²) >= 11 is 0. The van der Waals surface area contributed by atoms with E-state index in [4.69, 9.17) is 56.8 Å². The van der Waals surface area contributed by atoms with Crippen LogP contribution in [0, 0.1) is 45.3 Å². The number of esters is 7. The zero-order chi connectivity index (χ0) is 87.9. The van der Waals surface area contributed by atoms with E-state index in [1.165, 1.54) is 40.2 Å². The van der Waals surface area contributed by atoms with Crippen LogP contribution in [0.25, 0.3) is 0 Å². The average molecular weight is 1670 g/mol. The third-order valence-electron chi connectivity index (χ3n) is 26.8. The molecule has 0 radical (unpaired) electrons. The molecule has 22 atom stereocenters. The lowest BCUT2D eigenvalue weighted by Crippen LogP contribution is -2.78. The molecule has 6 saturated carbocycles. The molecule has 4 aromatic carbocycles. The summed E-state index contributed by atoms with van der Waals surface area (Å²) in [5.74, 6) is -10.2. The highest BCUT2D eigenvalue weighted by molar-refractivity contribution is 5.98. The van der Waals surface area contributed by atoms with Crippen LogP contribution < -0.4 is 10.6 Å². The number of aliphatic hydroxyl groups is 4. The number of fused-ring (bicyclic) bond motifs is 9. The van der Waals surface area contributed by atoms with Gasteiger partial charge in [0.15, 0.2) is 35.5 Å². The van der Waals surface area contributed by atoms with Crippen LogP contribution >= 0.6 is 0 Å². The van der Waals surface area contributed by atoms with E-state index in [1.807, 2.05) is 0 Å². The summed E-state index contributed by atoms with van der Waals surface area (Å²) in [6.45, 7) is 25.1. The quantitative estimate of drug-likeness (QED) is 0.0289. The Kier molecular flexibility index (Phi) is 24.5. The topological polar surface area (TPSA) is 404 Å². The minimum Gasteiger partial charge on any atom is -0.458 e. The van der Waals surface area contributed by atoms with Crippen LogP contribution in [0.1, 0.15) is 200 Å². The molecule has 29 heteroatoms. The van der Waals surface area contributed by atoms with Crippen molar-refractivity contribution in [1.29, 1.82) is 0 Å². The second kappa shape index (κ2) is 32.9. The van der Waals surface area contributed by atoms with Crippen molar-refractivity contribution in [3.05, 3.63) is 166 Å². The van der Waals surface area contributed by atoms with E-state index in [0.29, 0.717) is 42.4 Å². The highest BCUT2D eigenvalue weighted by atomic mass is 16.6. The van der Waals surface area contributed by atoms with Crippen molar-refractivity contribution in [2.75, 3.05) is 20.8 Å². The lowest BCUT2D eigenvalue weighted by Gasteiger charge is -2.68. The lowest BCUT2D eigenvalue weighted by atomic mass is 9.41. The summed E-state index contributed by atoms with van der Waals surface area (Å²) in [6.07, 6.45) is -15.2. The molecule has 1 spiro atoms. The van der Waals surface area contributed by atoms with Gasteiger partial charge in [-0.2, -0.15) is 0 Å². The van der Waals surface area contributed by atoms with Crippen molar-refractivity contribution >= 4 is 65.5 Å². The molecule has 8 aliphatic carbocycles. The number of methoxy groups -OCH3 is 2. The van der Waals surface area contributed by atoms with Gasteiger partial charge in [0.1, 0.15) is 64.6 Å². The number of rotatable bonds is 19. The maximum Gasteiger partial charge on any atom is 0.408 e. The maximum absolute atomic E-state index is 15.6. The van der Waals surface area contributed by atoms with Gasteiger partial charge in [0.2, 0.25) is 0 Å².